The summed E-state index contributed by atoms with van der Waals surface area (Å²) in [6, 6.07) is 85.0. The van der Waals surface area contributed by atoms with E-state index in [0.717, 1.165) is 72.4 Å². The summed E-state index contributed by atoms with van der Waals surface area (Å²) in [7, 11) is 0. The van der Waals surface area contributed by atoms with Crippen LogP contribution >= 0.6 is 0 Å². The fourth-order valence-corrected chi connectivity index (χ4v) is 8.75. The van der Waals surface area contributed by atoms with E-state index in [0.29, 0.717) is 0 Å². The fourth-order valence-electron chi connectivity index (χ4n) is 8.75. The van der Waals surface area contributed by atoms with E-state index in [1.165, 1.54) is 33.0 Å². The molecule has 0 atom stereocenters. The third kappa shape index (κ3) is 6.41. The first-order valence-corrected chi connectivity index (χ1v) is 20.5. The molecular weight excluding hydrogens is 727 g/mol. The maximum Gasteiger partial charge on any atom is 0.135 e. The lowest BCUT2D eigenvalue weighted by molar-refractivity contribution is 0.669. The van der Waals surface area contributed by atoms with Crippen molar-refractivity contribution in [2.45, 2.75) is 0 Å². The molecule has 1 aromatic heterocycles. The minimum Gasteiger partial charge on any atom is -0.456 e. The van der Waals surface area contributed by atoms with Crippen LogP contribution in [0.15, 0.2) is 241 Å². The monoisotopic (exact) mass is 765 g/mol. The number of hydrogen-bond donors (Lipinski definition) is 0. The van der Waals surface area contributed by atoms with Crippen molar-refractivity contribution in [2.24, 2.45) is 0 Å². The number of anilines is 3. The van der Waals surface area contributed by atoms with Crippen molar-refractivity contribution < 1.29 is 4.42 Å². The summed E-state index contributed by atoms with van der Waals surface area (Å²) in [4.78, 5) is 2.43. The highest BCUT2D eigenvalue weighted by Gasteiger charge is 2.21. The Kier molecular flexibility index (Phi) is 8.87. The average molecular weight is 766 g/mol. The van der Waals surface area contributed by atoms with Crippen LogP contribution in [0.1, 0.15) is 0 Å². The van der Waals surface area contributed by atoms with E-state index in [1.807, 2.05) is 12.1 Å². The van der Waals surface area contributed by atoms with Gasteiger partial charge in [0.15, 0.2) is 0 Å². The molecule has 0 bridgehead atoms. The second-order valence-corrected chi connectivity index (χ2v) is 15.3. The van der Waals surface area contributed by atoms with Crippen LogP contribution in [0, 0.1) is 0 Å². The minimum atomic E-state index is 0.900. The van der Waals surface area contributed by atoms with E-state index >= 15 is 0 Å². The molecule has 0 spiro atoms. The largest absolute Gasteiger partial charge is 0.456 e. The van der Waals surface area contributed by atoms with Crippen LogP contribution < -0.4 is 4.90 Å². The number of para-hydroxylation sites is 3. The number of furan rings is 1. The van der Waals surface area contributed by atoms with Crippen LogP contribution in [-0.4, -0.2) is 0 Å². The molecule has 0 aliphatic heterocycles. The third-order valence-electron chi connectivity index (χ3n) is 11.7. The maximum absolute atomic E-state index is 6.16. The van der Waals surface area contributed by atoms with E-state index in [-0.39, 0.29) is 0 Å². The fraction of sp³-hybridized carbons (Fsp3) is 0. The molecule has 11 aromatic rings. The van der Waals surface area contributed by atoms with Gasteiger partial charge in [0.25, 0.3) is 0 Å². The topological polar surface area (TPSA) is 16.4 Å². The van der Waals surface area contributed by atoms with Gasteiger partial charge in [0.1, 0.15) is 11.2 Å². The first-order valence-electron chi connectivity index (χ1n) is 20.5. The van der Waals surface area contributed by atoms with Gasteiger partial charge in [-0.2, -0.15) is 0 Å². The molecule has 60 heavy (non-hydrogen) atoms. The summed E-state index contributed by atoms with van der Waals surface area (Å²) in [6.07, 6.45) is 0. The highest BCUT2D eigenvalue weighted by atomic mass is 16.3. The Morgan fingerprint density at radius 2 is 0.750 bits per heavy atom. The maximum atomic E-state index is 6.16. The van der Waals surface area contributed by atoms with Crippen LogP contribution in [0.5, 0.6) is 0 Å². The summed E-state index contributed by atoms with van der Waals surface area (Å²) < 4.78 is 6.16. The summed E-state index contributed by atoms with van der Waals surface area (Å²) in [6.45, 7) is 0. The molecule has 0 fully saturated rings. The summed E-state index contributed by atoms with van der Waals surface area (Å²) in [5.74, 6) is 0. The lowest BCUT2D eigenvalue weighted by atomic mass is 9.94. The van der Waals surface area contributed by atoms with Gasteiger partial charge in [0.2, 0.25) is 0 Å². The van der Waals surface area contributed by atoms with Gasteiger partial charge in [0.05, 0.1) is 11.4 Å². The SMILES string of the molecule is c1ccc(-c2ccc(-c3ccccc3N(c3ccc(-c4ccc5oc6ccccc6c5c4)cc3)c3ccccc3-c3cccc(-c4cccc5ccccc45)c3)cc2)cc1. The molecule has 10 aromatic carbocycles. The molecule has 2 nitrogen and oxygen atoms in total. The molecule has 282 valence electrons. The van der Waals surface area contributed by atoms with E-state index in [9.17, 15) is 0 Å². The molecule has 1 heterocycles. The van der Waals surface area contributed by atoms with Gasteiger partial charge in [0, 0.05) is 27.6 Å². The second-order valence-electron chi connectivity index (χ2n) is 15.3. The highest BCUT2D eigenvalue weighted by molar-refractivity contribution is 6.06. The minimum absolute atomic E-state index is 0.900. The Balaban J connectivity index is 1.05. The Morgan fingerprint density at radius 3 is 1.53 bits per heavy atom. The van der Waals surface area contributed by atoms with Crippen molar-refractivity contribution in [1.82, 2.24) is 0 Å². The lowest BCUT2D eigenvalue weighted by Gasteiger charge is -2.30. The molecule has 0 saturated heterocycles. The van der Waals surface area contributed by atoms with Crippen molar-refractivity contribution in [2.75, 3.05) is 4.90 Å². The number of hydrogen-bond acceptors (Lipinski definition) is 2. The highest BCUT2D eigenvalue weighted by Crippen LogP contribution is 2.46. The molecule has 11 rings (SSSR count). The average Bonchev–Trinajstić information content (AvgIpc) is 3.70. The van der Waals surface area contributed by atoms with E-state index in [1.54, 1.807) is 0 Å². The summed E-state index contributed by atoms with van der Waals surface area (Å²) in [5, 5.41) is 4.74. The van der Waals surface area contributed by atoms with Crippen LogP contribution in [0.2, 0.25) is 0 Å². The normalized spacial score (nSPS) is 11.3. The Hall–Kier alpha value is -7.94. The van der Waals surface area contributed by atoms with E-state index in [2.05, 4.69) is 229 Å². The second kappa shape index (κ2) is 15.1. The zero-order valence-corrected chi connectivity index (χ0v) is 32.9. The Labute approximate surface area is 349 Å². The number of fused-ring (bicyclic) bond motifs is 4. The van der Waals surface area contributed by atoms with Crippen molar-refractivity contribution in [3.63, 3.8) is 0 Å². The van der Waals surface area contributed by atoms with Crippen molar-refractivity contribution in [1.29, 1.82) is 0 Å². The molecule has 0 radical (unpaired) electrons. The van der Waals surface area contributed by atoms with Gasteiger partial charge >= 0.3 is 0 Å². The van der Waals surface area contributed by atoms with Gasteiger partial charge < -0.3 is 9.32 Å². The zero-order valence-electron chi connectivity index (χ0n) is 32.9. The van der Waals surface area contributed by atoms with Gasteiger partial charge in [-0.15, -0.1) is 0 Å². The Morgan fingerprint density at radius 1 is 0.267 bits per heavy atom. The molecule has 0 aliphatic rings. The smallest absolute Gasteiger partial charge is 0.135 e. The molecule has 0 aliphatic carbocycles. The van der Waals surface area contributed by atoms with Crippen molar-refractivity contribution in [3.8, 4) is 55.6 Å². The molecule has 0 unspecified atom stereocenters. The van der Waals surface area contributed by atoms with Crippen molar-refractivity contribution >= 4 is 49.8 Å². The third-order valence-corrected chi connectivity index (χ3v) is 11.7. The van der Waals surface area contributed by atoms with Crippen LogP contribution in [0.3, 0.4) is 0 Å². The molecule has 0 saturated carbocycles. The van der Waals surface area contributed by atoms with Crippen LogP contribution in [0.4, 0.5) is 17.1 Å². The molecule has 2 heteroatoms. The van der Waals surface area contributed by atoms with E-state index < -0.39 is 0 Å². The Bertz CT molecular complexity index is 3300. The van der Waals surface area contributed by atoms with Gasteiger partial charge in [-0.3, -0.25) is 0 Å². The van der Waals surface area contributed by atoms with Gasteiger partial charge in [-0.25, -0.2) is 0 Å². The number of rotatable bonds is 8. The predicted octanol–water partition coefficient (Wildman–Crippen LogP) is 16.5. The molecule has 0 N–H and O–H groups in total. The molecular formula is C58H39NO. The van der Waals surface area contributed by atoms with Gasteiger partial charge in [-0.1, -0.05) is 188 Å². The number of benzene rings is 10. The first kappa shape index (κ1) is 35.2. The van der Waals surface area contributed by atoms with Crippen LogP contribution in [-0.2, 0) is 0 Å². The molecule has 0 amide bonds. The van der Waals surface area contributed by atoms with Gasteiger partial charge in [-0.05, 0) is 104 Å². The van der Waals surface area contributed by atoms with E-state index in [4.69, 9.17) is 4.42 Å². The lowest BCUT2D eigenvalue weighted by Crippen LogP contribution is -2.12. The van der Waals surface area contributed by atoms with Crippen molar-refractivity contribution in [3.05, 3.63) is 237 Å². The quantitative estimate of drug-likeness (QED) is 0.153. The number of nitrogens with zero attached hydrogens (tertiary/aromatic N) is 1. The first-order chi connectivity index (χ1) is 29.7. The van der Waals surface area contributed by atoms with Crippen LogP contribution in [0.25, 0.3) is 88.3 Å². The predicted molar refractivity (Wildman–Crippen MR) is 253 cm³/mol. The standard InChI is InChI=1S/C58H39NO/c1-2-14-40(15-3-1)41-28-30-44(31-29-41)51-21-6-9-25-55(51)59(48-35-32-42(33-36-48)45-34-37-58-54(39-45)53-23-8-11-27-57(53)60-58)56-26-10-7-22-52(56)47-19-12-18-46(38-47)50-24-13-17-43-16-4-5-20-49(43)50/h1-39H. The summed E-state index contributed by atoms with van der Waals surface area (Å²) >= 11 is 0. The summed E-state index contributed by atoms with van der Waals surface area (Å²) in [5.41, 5.74) is 16.8. The zero-order chi connectivity index (χ0) is 39.8.